The smallest absolute Gasteiger partial charge is 0.114 e. The molecule has 3 rings (SSSR count). The topological polar surface area (TPSA) is 124 Å². The summed E-state index contributed by atoms with van der Waals surface area (Å²) < 4.78 is 42.9. The van der Waals surface area contributed by atoms with Crippen LogP contribution in [0.2, 0.25) is 0 Å². The predicted molar refractivity (Wildman–Crippen MR) is 94.2 cm³/mol. The van der Waals surface area contributed by atoms with E-state index in [1.165, 1.54) is 0 Å². The van der Waals surface area contributed by atoms with Gasteiger partial charge in [0.15, 0.2) is 0 Å². The van der Waals surface area contributed by atoms with Gasteiger partial charge in [-0.3, -0.25) is 0 Å². The minimum absolute atomic E-state index is 0.000122. The van der Waals surface area contributed by atoms with E-state index < -0.39 is 24.4 Å². The molecule has 10 heteroatoms. The fourth-order valence-corrected chi connectivity index (χ4v) is 2.59. The molecule has 10 nitrogen and oxygen atoms in total. The van der Waals surface area contributed by atoms with Crippen molar-refractivity contribution in [1.29, 1.82) is 0 Å². The number of aliphatic hydroxyl groups is 2. The maximum atomic E-state index is 10.9. The van der Waals surface area contributed by atoms with Crippen molar-refractivity contribution in [3.05, 3.63) is 0 Å². The molecular formula is C18H32O10. The van der Waals surface area contributed by atoms with E-state index in [0.717, 1.165) is 0 Å². The molecule has 0 amide bonds. The van der Waals surface area contributed by atoms with Gasteiger partial charge in [-0.2, -0.15) is 0 Å². The molecule has 0 aromatic heterocycles. The number of epoxide rings is 3. The molecule has 0 spiro atoms. The van der Waals surface area contributed by atoms with Crippen LogP contribution in [-0.4, -0.2) is 126 Å². The van der Waals surface area contributed by atoms with E-state index in [1.807, 2.05) is 0 Å². The Kier molecular flexibility index (Phi) is 9.31. The van der Waals surface area contributed by atoms with Gasteiger partial charge in [-0.05, 0) is 0 Å². The molecule has 7 atom stereocenters. The molecule has 3 fully saturated rings. The Morgan fingerprint density at radius 1 is 0.821 bits per heavy atom. The Hall–Kier alpha value is -0.400. The second-order valence-electron chi connectivity index (χ2n) is 7.20. The van der Waals surface area contributed by atoms with Crippen molar-refractivity contribution in [3.8, 4) is 0 Å². The van der Waals surface area contributed by atoms with E-state index in [0.29, 0.717) is 46.2 Å². The monoisotopic (exact) mass is 408 g/mol. The highest BCUT2D eigenvalue weighted by atomic mass is 16.6. The Morgan fingerprint density at radius 2 is 1.43 bits per heavy atom. The summed E-state index contributed by atoms with van der Waals surface area (Å²) in [4.78, 5) is 0. The van der Waals surface area contributed by atoms with Crippen LogP contribution in [0.15, 0.2) is 0 Å². The molecule has 0 aromatic rings. The highest BCUT2D eigenvalue weighted by Gasteiger charge is 2.38. The summed E-state index contributed by atoms with van der Waals surface area (Å²) in [5.41, 5.74) is 0. The summed E-state index contributed by atoms with van der Waals surface area (Å²) in [6, 6.07) is 0. The molecule has 0 radical (unpaired) electrons. The molecule has 0 aromatic carbocycles. The van der Waals surface area contributed by atoms with E-state index in [2.05, 4.69) is 0 Å². The minimum atomic E-state index is -1.11. The molecular weight excluding hydrogens is 376 g/mol. The lowest BCUT2D eigenvalue weighted by Crippen LogP contribution is -2.51. The second-order valence-corrected chi connectivity index (χ2v) is 7.20. The lowest BCUT2D eigenvalue weighted by molar-refractivity contribution is -0.171. The highest BCUT2D eigenvalue weighted by Crippen LogP contribution is 2.19. The Labute approximate surface area is 164 Å². The van der Waals surface area contributed by atoms with Crippen LogP contribution >= 0.6 is 0 Å². The zero-order valence-corrected chi connectivity index (χ0v) is 16.3. The van der Waals surface area contributed by atoms with E-state index in [-0.39, 0.29) is 38.1 Å². The summed E-state index contributed by atoms with van der Waals surface area (Å²) >= 11 is 0. The molecule has 28 heavy (non-hydrogen) atoms. The van der Waals surface area contributed by atoms with E-state index in [4.69, 9.17) is 37.9 Å². The van der Waals surface area contributed by atoms with Crippen LogP contribution < -0.4 is 0 Å². The summed E-state index contributed by atoms with van der Waals surface area (Å²) in [6.07, 6.45) is -3.60. The van der Waals surface area contributed by atoms with Crippen molar-refractivity contribution in [2.24, 2.45) is 0 Å². The fourth-order valence-electron chi connectivity index (χ4n) is 2.59. The first kappa shape index (κ1) is 22.3. The zero-order valence-electron chi connectivity index (χ0n) is 16.3. The Balaban J connectivity index is 1.51. The van der Waals surface area contributed by atoms with Gasteiger partial charge < -0.3 is 48.1 Å². The van der Waals surface area contributed by atoms with Gasteiger partial charge in [-0.25, -0.2) is 0 Å². The van der Waals surface area contributed by atoms with Gasteiger partial charge in [0.2, 0.25) is 0 Å². The molecule has 0 bridgehead atoms. The van der Waals surface area contributed by atoms with Crippen LogP contribution in [0.25, 0.3) is 0 Å². The van der Waals surface area contributed by atoms with Crippen LogP contribution in [0, 0.1) is 0 Å². The average molecular weight is 408 g/mol. The highest BCUT2D eigenvalue weighted by molar-refractivity contribution is 4.86. The molecule has 3 aliphatic rings. The van der Waals surface area contributed by atoms with Crippen LogP contribution in [-0.2, 0) is 37.9 Å². The first-order chi connectivity index (χ1) is 13.7. The van der Waals surface area contributed by atoms with Crippen molar-refractivity contribution in [2.45, 2.75) is 42.7 Å². The maximum absolute atomic E-state index is 10.9. The largest absolute Gasteiger partial charge is 0.388 e. The SMILES string of the molecule is COCCOCC(OCC1CO1)C(O)C(OCC1CO1)[C@H](O)COCC1CO1. The lowest BCUT2D eigenvalue weighted by atomic mass is 10.0. The Bertz CT molecular complexity index is 427. The molecule has 0 saturated carbocycles. The van der Waals surface area contributed by atoms with Gasteiger partial charge in [0, 0.05) is 7.11 Å². The number of rotatable bonds is 18. The van der Waals surface area contributed by atoms with E-state index in [1.54, 1.807) is 7.11 Å². The van der Waals surface area contributed by atoms with Crippen LogP contribution in [0.5, 0.6) is 0 Å². The number of methoxy groups -OCH3 is 1. The van der Waals surface area contributed by atoms with Gasteiger partial charge in [0.25, 0.3) is 0 Å². The number of hydrogen-bond donors (Lipinski definition) is 2. The first-order valence-electron chi connectivity index (χ1n) is 9.76. The molecule has 3 aliphatic heterocycles. The van der Waals surface area contributed by atoms with Crippen molar-refractivity contribution in [3.63, 3.8) is 0 Å². The predicted octanol–water partition coefficient (Wildman–Crippen LogP) is -1.65. The first-order valence-corrected chi connectivity index (χ1v) is 9.76. The molecule has 6 unspecified atom stereocenters. The molecule has 0 aliphatic carbocycles. The molecule has 3 heterocycles. The van der Waals surface area contributed by atoms with Crippen molar-refractivity contribution in [2.75, 3.05) is 73.2 Å². The third-order valence-corrected chi connectivity index (χ3v) is 4.58. The van der Waals surface area contributed by atoms with Crippen LogP contribution in [0.4, 0.5) is 0 Å². The van der Waals surface area contributed by atoms with Crippen molar-refractivity contribution < 1.29 is 48.1 Å². The van der Waals surface area contributed by atoms with Gasteiger partial charge in [-0.1, -0.05) is 0 Å². The fraction of sp³-hybridized carbons (Fsp3) is 1.00. The lowest BCUT2D eigenvalue weighted by Gasteiger charge is -2.32. The third kappa shape index (κ3) is 8.54. The van der Waals surface area contributed by atoms with Crippen molar-refractivity contribution >= 4 is 0 Å². The number of aliphatic hydroxyl groups excluding tert-OH is 2. The van der Waals surface area contributed by atoms with Crippen molar-refractivity contribution in [1.82, 2.24) is 0 Å². The van der Waals surface area contributed by atoms with Gasteiger partial charge in [0.1, 0.15) is 42.7 Å². The standard InChI is InChI=1S/C18H32O10/c1-21-2-3-22-11-16(27-8-13-6-25-13)17(20)18(28-9-14-7-26-14)15(19)10-23-4-12-5-24-12/h12-20H,2-11H2,1H3/t12?,13?,14?,15-,16?,17?,18?/m1/s1. The quantitative estimate of drug-likeness (QED) is 0.201. The van der Waals surface area contributed by atoms with Gasteiger partial charge in [0.05, 0.1) is 66.1 Å². The molecule has 2 N–H and O–H groups in total. The van der Waals surface area contributed by atoms with Gasteiger partial charge in [-0.15, -0.1) is 0 Å². The normalized spacial score (nSPS) is 29.9. The summed E-state index contributed by atoms with van der Waals surface area (Å²) in [5.74, 6) is 0. The maximum Gasteiger partial charge on any atom is 0.114 e. The third-order valence-electron chi connectivity index (χ3n) is 4.58. The number of ether oxygens (including phenoxy) is 8. The van der Waals surface area contributed by atoms with Crippen LogP contribution in [0.3, 0.4) is 0 Å². The minimum Gasteiger partial charge on any atom is -0.388 e. The van der Waals surface area contributed by atoms with Gasteiger partial charge >= 0.3 is 0 Å². The average Bonchev–Trinajstić information content (AvgIpc) is 3.54. The van der Waals surface area contributed by atoms with E-state index >= 15 is 0 Å². The second kappa shape index (κ2) is 11.7. The molecule has 164 valence electrons. The van der Waals surface area contributed by atoms with E-state index in [9.17, 15) is 10.2 Å². The summed E-state index contributed by atoms with van der Waals surface area (Å²) in [6.45, 7) is 3.95. The Morgan fingerprint density at radius 3 is 2.04 bits per heavy atom. The molecule has 3 saturated heterocycles. The zero-order chi connectivity index (χ0) is 19.8. The summed E-state index contributed by atoms with van der Waals surface area (Å²) in [7, 11) is 1.59. The number of hydrogen-bond acceptors (Lipinski definition) is 10. The summed E-state index contributed by atoms with van der Waals surface area (Å²) in [5, 5.41) is 21.5. The van der Waals surface area contributed by atoms with Crippen LogP contribution in [0.1, 0.15) is 0 Å².